The summed E-state index contributed by atoms with van der Waals surface area (Å²) in [7, 11) is 0. The molecule has 1 aliphatic rings. The van der Waals surface area contributed by atoms with Crippen molar-refractivity contribution in [2.45, 2.75) is 65.0 Å². The van der Waals surface area contributed by atoms with Gasteiger partial charge in [-0.1, -0.05) is 39.8 Å². The van der Waals surface area contributed by atoms with Gasteiger partial charge >= 0.3 is 5.97 Å². The van der Waals surface area contributed by atoms with Crippen LogP contribution in [0.2, 0.25) is 0 Å². The maximum atomic E-state index is 12.8. The minimum Gasteiger partial charge on any atom is -0.481 e. The van der Waals surface area contributed by atoms with Crippen molar-refractivity contribution in [2.75, 3.05) is 26.2 Å². The largest absolute Gasteiger partial charge is 0.481 e. The van der Waals surface area contributed by atoms with Crippen LogP contribution < -0.4 is 4.74 Å². The lowest BCUT2D eigenvalue weighted by Crippen LogP contribution is -2.50. The number of amides is 1. The number of nitrogens with zero attached hydrogens (tertiary/aromatic N) is 2. The summed E-state index contributed by atoms with van der Waals surface area (Å²) in [6.07, 6.45) is 1.03. The summed E-state index contributed by atoms with van der Waals surface area (Å²) >= 11 is 0. The molecule has 156 valence electrons. The normalized spacial score (nSPS) is 16.9. The Bertz CT molecular complexity index is 675. The molecule has 1 saturated heterocycles. The van der Waals surface area contributed by atoms with Gasteiger partial charge < -0.3 is 14.7 Å². The second kappa shape index (κ2) is 9.41. The summed E-state index contributed by atoms with van der Waals surface area (Å²) in [6, 6.07) is 8.13. The summed E-state index contributed by atoms with van der Waals surface area (Å²) in [5.74, 6) is -0.109. The highest BCUT2D eigenvalue weighted by molar-refractivity contribution is 5.81. The molecular formula is C22H34N2O4. The predicted octanol–water partition coefficient (Wildman–Crippen LogP) is 3.15. The standard InChI is InChI=1S/C22H34N2O4/c1-6-23(15-20(25)26)18-10-12-24(13-11-18)21(27)16(2)28-19-9-7-8-17(14-19)22(3,4)5/h7-9,14,16,18H,6,10-13,15H2,1-5H3,(H,25,26)/t16-/m1/s1. The summed E-state index contributed by atoms with van der Waals surface area (Å²) < 4.78 is 5.93. The zero-order chi connectivity index (χ0) is 20.9. The number of aliphatic carboxylic acids is 1. The number of carboxylic acids is 1. The van der Waals surface area contributed by atoms with Crippen molar-refractivity contribution in [1.29, 1.82) is 0 Å². The van der Waals surface area contributed by atoms with Crippen molar-refractivity contribution in [1.82, 2.24) is 9.80 Å². The van der Waals surface area contributed by atoms with Gasteiger partial charge in [-0.15, -0.1) is 0 Å². The predicted molar refractivity (Wildman–Crippen MR) is 110 cm³/mol. The van der Waals surface area contributed by atoms with Crippen LogP contribution in [0.1, 0.15) is 53.0 Å². The van der Waals surface area contributed by atoms with Gasteiger partial charge in [0.05, 0.1) is 6.54 Å². The van der Waals surface area contributed by atoms with Crippen molar-refractivity contribution in [3.05, 3.63) is 29.8 Å². The van der Waals surface area contributed by atoms with Gasteiger partial charge in [-0.25, -0.2) is 0 Å². The van der Waals surface area contributed by atoms with E-state index in [0.717, 1.165) is 12.8 Å². The van der Waals surface area contributed by atoms with Crippen LogP contribution in [-0.2, 0) is 15.0 Å². The first-order valence-corrected chi connectivity index (χ1v) is 10.1. The smallest absolute Gasteiger partial charge is 0.317 e. The number of carbonyl (C=O) groups excluding carboxylic acids is 1. The Morgan fingerprint density at radius 2 is 1.93 bits per heavy atom. The highest BCUT2D eigenvalue weighted by Crippen LogP contribution is 2.26. The fourth-order valence-corrected chi connectivity index (χ4v) is 3.67. The average Bonchev–Trinajstić information content (AvgIpc) is 2.65. The number of likely N-dealkylation sites (N-methyl/N-ethyl adjacent to an activating group) is 1. The van der Waals surface area contributed by atoms with E-state index in [1.807, 2.05) is 34.9 Å². The molecule has 0 radical (unpaired) electrons. The molecule has 28 heavy (non-hydrogen) atoms. The minimum atomic E-state index is -0.806. The first-order valence-electron chi connectivity index (χ1n) is 10.1. The van der Waals surface area contributed by atoms with Gasteiger partial charge in [0, 0.05) is 19.1 Å². The summed E-state index contributed by atoms with van der Waals surface area (Å²) in [5.41, 5.74) is 1.19. The number of hydrogen-bond acceptors (Lipinski definition) is 4. The van der Waals surface area contributed by atoms with Crippen molar-refractivity contribution in [3.63, 3.8) is 0 Å². The summed E-state index contributed by atoms with van der Waals surface area (Å²) in [4.78, 5) is 27.6. The molecule has 0 spiro atoms. The number of hydrogen-bond donors (Lipinski definition) is 1. The molecule has 1 heterocycles. The first kappa shape index (κ1) is 22.2. The summed E-state index contributed by atoms with van der Waals surface area (Å²) in [5, 5.41) is 9.05. The van der Waals surface area contributed by atoms with Gasteiger partial charge in [-0.2, -0.15) is 0 Å². The maximum absolute atomic E-state index is 12.8. The van der Waals surface area contributed by atoms with Crippen molar-refractivity contribution in [2.24, 2.45) is 0 Å². The van der Waals surface area contributed by atoms with E-state index in [1.165, 1.54) is 5.56 Å². The van der Waals surface area contributed by atoms with Gasteiger partial charge in [0.2, 0.25) is 0 Å². The molecule has 1 amide bonds. The van der Waals surface area contributed by atoms with Crippen LogP contribution in [0.25, 0.3) is 0 Å². The molecule has 1 fully saturated rings. The fraction of sp³-hybridized carbons (Fsp3) is 0.636. The van der Waals surface area contributed by atoms with E-state index in [4.69, 9.17) is 9.84 Å². The lowest BCUT2D eigenvalue weighted by Gasteiger charge is -2.38. The molecule has 0 aliphatic carbocycles. The molecule has 0 saturated carbocycles. The highest BCUT2D eigenvalue weighted by atomic mass is 16.5. The molecule has 0 unspecified atom stereocenters. The van der Waals surface area contributed by atoms with Crippen LogP contribution in [0.3, 0.4) is 0 Å². The average molecular weight is 391 g/mol. The third-order valence-corrected chi connectivity index (χ3v) is 5.40. The van der Waals surface area contributed by atoms with Crippen LogP contribution >= 0.6 is 0 Å². The van der Waals surface area contributed by atoms with Gasteiger partial charge in [0.15, 0.2) is 6.10 Å². The monoisotopic (exact) mass is 390 g/mol. The third kappa shape index (κ3) is 5.96. The molecule has 1 aliphatic heterocycles. The number of carboxylic acid groups (broad SMARTS) is 1. The Balaban J connectivity index is 1.92. The third-order valence-electron chi connectivity index (χ3n) is 5.40. The van der Waals surface area contributed by atoms with Crippen LogP contribution in [0.4, 0.5) is 0 Å². The second-order valence-corrected chi connectivity index (χ2v) is 8.55. The molecule has 0 aromatic heterocycles. The van der Waals surface area contributed by atoms with E-state index in [1.54, 1.807) is 6.92 Å². The van der Waals surface area contributed by atoms with Crippen LogP contribution in [0.15, 0.2) is 24.3 Å². The lowest BCUT2D eigenvalue weighted by atomic mass is 9.87. The number of carbonyl (C=O) groups is 2. The Morgan fingerprint density at radius 1 is 1.29 bits per heavy atom. The number of benzene rings is 1. The Kier molecular flexibility index (Phi) is 7.47. The molecule has 2 rings (SSSR count). The zero-order valence-corrected chi connectivity index (χ0v) is 17.8. The molecule has 1 aromatic rings. The Morgan fingerprint density at radius 3 is 2.46 bits per heavy atom. The molecule has 6 nitrogen and oxygen atoms in total. The van der Waals surface area contributed by atoms with E-state index in [2.05, 4.69) is 26.8 Å². The molecule has 1 aromatic carbocycles. The van der Waals surface area contributed by atoms with E-state index >= 15 is 0 Å². The van der Waals surface area contributed by atoms with E-state index in [0.29, 0.717) is 25.4 Å². The molecule has 6 heteroatoms. The topological polar surface area (TPSA) is 70.1 Å². The zero-order valence-electron chi connectivity index (χ0n) is 17.8. The van der Waals surface area contributed by atoms with E-state index in [-0.39, 0.29) is 23.9 Å². The maximum Gasteiger partial charge on any atom is 0.317 e. The molecule has 0 bridgehead atoms. The first-order chi connectivity index (χ1) is 13.1. The number of ether oxygens (including phenoxy) is 1. The number of piperidine rings is 1. The fourth-order valence-electron chi connectivity index (χ4n) is 3.67. The van der Waals surface area contributed by atoms with Crippen LogP contribution in [-0.4, -0.2) is 65.1 Å². The Hall–Kier alpha value is -2.08. The van der Waals surface area contributed by atoms with Crippen molar-refractivity contribution in [3.8, 4) is 5.75 Å². The number of likely N-dealkylation sites (tertiary alicyclic amines) is 1. The second-order valence-electron chi connectivity index (χ2n) is 8.55. The van der Waals surface area contributed by atoms with Crippen molar-refractivity contribution < 1.29 is 19.4 Å². The van der Waals surface area contributed by atoms with Gasteiger partial charge in [0.1, 0.15) is 5.75 Å². The Labute approximate surface area is 168 Å². The highest BCUT2D eigenvalue weighted by Gasteiger charge is 2.30. The van der Waals surface area contributed by atoms with Gasteiger partial charge in [-0.05, 0) is 49.4 Å². The quantitative estimate of drug-likeness (QED) is 0.774. The van der Waals surface area contributed by atoms with Gasteiger partial charge in [0.25, 0.3) is 5.91 Å². The molecule has 1 N–H and O–H groups in total. The van der Waals surface area contributed by atoms with E-state index < -0.39 is 12.1 Å². The van der Waals surface area contributed by atoms with Crippen LogP contribution in [0, 0.1) is 0 Å². The van der Waals surface area contributed by atoms with E-state index in [9.17, 15) is 9.59 Å². The lowest BCUT2D eigenvalue weighted by molar-refractivity contribution is -0.142. The van der Waals surface area contributed by atoms with Crippen molar-refractivity contribution >= 4 is 11.9 Å². The van der Waals surface area contributed by atoms with Crippen LogP contribution in [0.5, 0.6) is 5.75 Å². The minimum absolute atomic E-state index is 0.0131. The molecule has 1 atom stereocenters. The molecular weight excluding hydrogens is 356 g/mol. The van der Waals surface area contributed by atoms with Gasteiger partial charge in [-0.3, -0.25) is 14.5 Å². The SMILES string of the molecule is CCN(CC(=O)O)C1CCN(C(=O)[C@@H](C)Oc2cccc(C(C)(C)C)c2)CC1. The summed E-state index contributed by atoms with van der Waals surface area (Å²) in [6.45, 7) is 12.2. The number of rotatable bonds is 7.